The molecule has 1 saturated carbocycles. The smallest absolute Gasteiger partial charge is 0.162 e. The van der Waals surface area contributed by atoms with Gasteiger partial charge in [0.1, 0.15) is 0 Å². The molecule has 2 fully saturated rings. The van der Waals surface area contributed by atoms with Gasteiger partial charge in [0.15, 0.2) is 11.6 Å². The van der Waals surface area contributed by atoms with Crippen LogP contribution < -0.4 is 5.32 Å². The molecule has 1 aliphatic heterocycles. The zero-order chi connectivity index (χ0) is 16.9. The minimum absolute atomic E-state index is 0.389. The van der Waals surface area contributed by atoms with Crippen LogP contribution >= 0.6 is 0 Å². The van der Waals surface area contributed by atoms with Crippen molar-refractivity contribution in [2.45, 2.75) is 63.8 Å². The highest BCUT2D eigenvalue weighted by atomic mass is 19.2. The van der Waals surface area contributed by atoms with Crippen LogP contribution in [0.5, 0.6) is 0 Å². The lowest BCUT2D eigenvalue weighted by Gasteiger charge is -2.30. The first-order valence-electron chi connectivity index (χ1n) is 9.40. The molecule has 0 spiro atoms. The number of nitrogens with one attached hydrogen (secondary N) is 1. The van der Waals surface area contributed by atoms with Crippen LogP contribution in [0, 0.1) is 24.5 Å². The lowest BCUT2D eigenvalue weighted by Crippen LogP contribution is -2.36. The van der Waals surface area contributed by atoms with Crippen molar-refractivity contribution in [2.24, 2.45) is 5.92 Å². The Balaban J connectivity index is 1.43. The van der Waals surface area contributed by atoms with Crippen LogP contribution in [0.1, 0.15) is 62.0 Å². The molecule has 3 rings (SSSR count). The van der Waals surface area contributed by atoms with Gasteiger partial charge in [-0.15, -0.1) is 0 Å². The third kappa shape index (κ3) is 4.34. The van der Waals surface area contributed by atoms with E-state index in [1.165, 1.54) is 25.3 Å². The number of hydrogen-bond acceptors (Lipinski definition) is 2. The van der Waals surface area contributed by atoms with Crippen molar-refractivity contribution >= 4 is 0 Å². The normalized spacial score (nSPS) is 25.8. The summed E-state index contributed by atoms with van der Waals surface area (Å²) in [4.78, 5) is 0. The van der Waals surface area contributed by atoms with Crippen LogP contribution in [0.15, 0.2) is 12.1 Å². The van der Waals surface area contributed by atoms with Crippen LogP contribution in [0.25, 0.3) is 0 Å². The van der Waals surface area contributed by atoms with Gasteiger partial charge in [-0.05, 0) is 87.4 Å². The highest BCUT2D eigenvalue weighted by Crippen LogP contribution is 2.38. The van der Waals surface area contributed by atoms with Gasteiger partial charge in [-0.25, -0.2) is 8.78 Å². The molecule has 1 saturated heterocycles. The van der Waals surface area contributed by atoms with Gasteiger partial charge in [0.05, 0.1) is 0 Å². The minimum Gasteiger partial charge on any atom is -0.381 e. The molecule has 2 nitrogen and oxygen atoms in total. The minimum atomic E-state index is -0.732. The van der Waals surface area contributed by atoms with E-state index in [1.54, 1.807) is 13.0 Å². The van der Waals surface area contributed by atoms with Crippen molar-refractivity contribution in [1.29, 1.82) is 0 Å². The molecular formula is C20H29F2NO. The van der Waals surface area contributed by atoms with Crippen molar-refractivity contribution in [3.63, 3.8) is 0 Å². The van der Waals surface area contributed by atoms with E-state index in [9.17, 15) is 8.78 Å². The van der Waals surface area contributed by atoms with Gasteiger partial charge in [0, 0.05) is 19.3 Å². The van der Waals surface area contributed by atoms with Gasteiger partial charge in [-0.1, -0.05) is 6.07 Å². The Hall–Kier alpha value is -1.00. The predicted molar refractivity (Wildman–Crippen MR) is 92.3 cm³/mol. The van der Waals surface area contributed by atoms with Crippen LogP contribution in [-0.4, -0.2) is 25.8 Å². The molecule has 0 amide bonds. The number of halogens is 2. The largest absolute Gasteiger partial charge is 0.381 e. The second-order valence-electron chi connectivity index (χ2n) is 7.42. The maximum Gasteiger partial charge on any atom is 0.162 e. The molecule has 1 N–H and O–H groups in total. The Bertz CT molecular complexity index is 535. The zero-order valence-corrected chi connectivity index (χ0v) is 14.6. The molecule has 0 aromatic heterocycles. The maximum absolute atomic E-state index is 13.8. The highest BCUT2D eigenvalue weighted by molar-refractivity contribution is 5.31. The second kappa shape index (κ2) is 8.39. The topological polar surface area (TPSA) is 21.3 Å². The summed E-state index contributed by atoms with van der Waals surface area (Å²) in [5.41, 5.74) is 1.51. The summed E-state index contributed by atoms with van der Waals surface area (Å²) in [5, 5.41) is 3.66. The first-order chi connectivity index (χ1) is 11.6. The maximum atomic E-state index is 13.8. The average Bonchev–Trinajstić information content (AvgIpc) is 2.62. The van der Waals surface area contributed by atoms with Gasteiger partial charge in [0.2, 0.25) is 0 Å². The molecule has 0 unspecified atom stereocenters. The summed E-state index contributed by atoms with van der Waals surface area (Å²) in [6, 6.07) is 3.69. The van der Waals surface area contributed by atoms with Gasteiger partial charge in [-0.3, -0.25) is 0 Å². The lowest BCUT2D eigenvalue weighted by atomic mass is 9.76. The summed E-state index contributed by atoms with van der Waals surface area (Å²) >= 11 is 0. The zero-order valence-electron chi connectivity index (χ0n) is 14.6. The molecule has 0 radical (unpaired) electrons. The third-order valence-corrected chi connectivity index (χ3v) is 5.87. The molecule has 0 atom stereocenters. The van der Waals surface area contributed by atoms with Crippen molar-refractivity contribution in [1.82, 2.24) is 5.32 Å². The average molecular weight is 337 g/mol. The van der Waals surface area contributed by atoms with Gasteiger partial charge in [-0.2, -0.15) is 0 Å². The Morgan fingerprint density at radius 1 is 1.04 bits per heavy atom. The quantitative estimate of drug-likeness (QED) is 0.840. The van der Waals surface area contributed by atoms with E-state index in [2.05, 4.69) is 5.32 Å². The fourth-order valence-electron chi connectivity index (χ4n) is 4.26. The summed E-state index contributed by atoms with van der Waals surface area (Å²) in [7, 11) is 0. The summed E-state index contributed by atoms with van der Waals surface area (Å²) in [6.45, 7) is 4.56. The molecule has 1 heterocycles. The molecule has 134 valence electrons. The van der Waals surface area contributed by atoms with E-state index in [-0.39, 0.29) is 0 Å². The monoisotopic (exact) mass is 337 g/mol. The molecule has 1 aromatic carbocycles. The number of hydrogen-bond donors (Lipinski definition) is 1. The van der Waals surface area contributed by atoms with Gasteiger partial charge in [0.25, 0.3) is 0 Å². The number of rotatable bonds is 5. The number of benzene rings is 1. The first-order valence-corrected chi connectivity index (χ1v) is 9.40. The molecular weight excluding hydrogens is 308 g/mol. The highest BCUT2D eigenvalue weighted by Gasteiger charge is 2.25. The van der Waals surface area contributed by atoms with Crippen molar-refractivity contribution in [3.8, 4) is 0 Å². The van der Waals surface area contributed by atoms with Crippen molar-refractivity contribution in [3.05, 3.63) is 34.9 Å². The second-order valence-corrected chi connectivity index (χ2v) is 7.42. The summed E-state index contributed by atoms with van der Waals surface area (Å²) in [6.07, 6.45) is 8.05. The van der Waals surface area contributed by atoms with Crippen LogP contribution in [0.4, 0.5) is 8.78 Å². The van der Waals surface area contributed by atoms with E-state index in [1.807, 2.05) is 0 Å². The molecule has 1 aliphatic carbocycles. The van der Waals surface area contributed by atoms with E-state index in [0.29, 0.717) is 17.5 Å². The number of ether oxygens (including phenoxy) is 1. The van der Waals surface area contributed by atoms with E-state index in [4.69, 9.17) is 4.74 Å². The van der Waals surface area contributed by atoms with Crippen LogP contribution in [0.2, 0.25) is 0 Å². The lowest BCUT2D eigenvalue weighted by molar-refractivity contribution is 0.0775. The summed E-state index contributed by atoms with van der Waals surface area (Å²) in [5.74, 6) is -0.251. The predicted octanol–water partition coefficient (Wildman–Crippen LogP) is 4.71. The molecule has 0 bridgehead atoms. The Kier molecular flexibility index (Phi) is 6.23. The van der Waals surface area contributed by atoms with Crippen LogP contribution in [0.3, 0.4) is 0 Å². The SMILES string of the molecule is Cc1c(C2CCC(CCNC3CCOCC3)CC2)ccc(F)c1F. The molecule has 2 aliphatic rings. The van der Waals surface area contributed by atoms with Crippen molar-refractivity contribution < 1.29 is 13.5 Å². The standard InChI is InChI=1S/C20H29F2NO/c1-14-18(6-7-19(21)20(14)22)16-4-2-15(3-5-16)8-11-23-17-9-12-24-13-10-17/h6-7,15-17,23H,2-5,8-13H2,1H3. The molecule has 1 aromatic rings. The summed E-state index contributed by atoms with van der Waals surface area (Å²) < 4.78 is 32.5. The third-order valence-electron chi connectivity index (χ3n) is 5.87. The Morgan fingerprint density at radius 2 is 1.75 bits per heavy atom. The van der Waals surface area contributed by atoms with Gasteiger partial charge >= 0.3 is 0 Å². The van der Waals surface area contributed by atoms with E-state index in [0.717, 1.165) is 56.9 Å². The fourth-order valence-corrected chi connectivity index (χ4v) is 4.26. The molecule has 24 heavy (non-hydrogen) atoms. The van der Waals surface area contributed by atoms with Crippen LogP contribution in [-0.2, 0) is 4.74 Å². The van der Waals surface area contributed by atoms with E-state index < -0.39 is 11.6 Å². The van der Waals surface area contributed by atoms with Gasteiger partial charge < -0.3 is 10.1 Å². The van der Waals surface area contributed by atoms with E-state index >= 15 is 0 Å². The fraction of sp³-hybridized carbons (Fsp3) is 0.700. The molecule has 4 heteroatoms. The Labute approximate surface area is 144 Å². The Morgan fingerprint density at radius 3 is 2.46 bits per heavy atom. The first kappa shape index (κ1) is 17.8. The van der Waals surface area contributed by atoms with Crippen molar-refractivity contribution in [2.75, 3.05) is 19.8 Å².